The van der Waals surface area contributed by atoms with Gasteiger partial charge >= 0.3 is 0 Å². The first-order valence-corrected chi connectivity index (χ1v) is 7.02. The molecule has 0 saturated carbocycles. The van der Waals surface area contributed by atoms with E-state index in [4.69, 9.17) is 17.7 Å². The summed E-state index contributed by atoms with van der Waals surface area (Å²) >= 11 is 6.04. The second-order valence-electron chi connectivity index (χ2n) is 4.93. The molecule has 0 N–H and O–H groups in total. The predicted molar refractivity (Wildman–Crippen MR) is 81.2 cm³/mol. The topological polar surface area (TPSA) is 25.4 Å². The van der Waals surface area contributed by atoms with Crippen LogP contribution < -0.4 is 4.90 Å². The second-order valence-corrected chi connectivity index (χ2v) is 5.37. The van der Waals surface area contributed by atoms with Crippen LogP contribution in [0, 0.1) is 0 Å². The van der Waals surface area contributed by atoms with Crippen LogP contribution in [0.1, 0.15) is 18.2 Å². The lowest BCUT2D eigenvalue weighted by molar-refractivity contribution is 0.181. The highest BCUT2D eigenvalue weighted by atomic mass is 35.5. The molecule has 0 radical (unpaired) electrons. The van der Waals surface area contributed by atoms with Crippen LogP contribution >= 0.6 is 11.6 Å². The molecule has 0 unspecified atom stereocenters. The van der Waals surface area contributed by atoms with E-state index in [-0.39, 0.29) is 0 Å². The van der Waals surface area contributed by atoms with Crippen LogP contribution in [0.25, 0.3) is 0 Å². The Bertz CT molecular complexity index is 663. The molecule has 104 valence electrons. The van der Waals surface area contributed by atoms with Crippen molar-refractivity contribution in [2.45, 2.75) is 19.6 Å². The summed E-state index contributed by atoms with van der Waals surface area (Å²) in [6, 6.07) is 8.27. The summed E-state index contributed by atoms with van der Waals surface area (Å²) in [6.07, 6.45) is 2.71. The summed E-state index contributed by atoms with van der Waals surface area (Å²) in [6.45, 7) is 2.17. The lowest BCUT2D eigenvalue weighted by atomic mass is 9.99. The molecule has 1 aromatic carbocycles. The largest absolute Gasteiger partial charge is 0.378 e. The van der Waals surface area contributed by atoms with Gasteiger partial charge in [0.15, 0.2) is 0 Å². The highest BCUT2D eigenvalue weighted by molar-refractivity contribution is 6.30. The highest BCUT2D eigenvalue weighted by Gasteiger charge is 2.17. The number of rotatable bonds is 3. The molecule has 1 aliphatic heterocycles. The fourth-order valence-electron chi connectivity index (χ4n) is 2.55. The molecule has 20 heavy (non-hydrogen) atoms. The first kappa shape index (κ1) is 12.2. The maximum Gasteiger partial charge on any atom is 0.0884 e. The fourth-order valence-corrected chi connectivity index (χ4v) is 2.74. The third kappa shape index (κ3) is 2.79. The zero-order valence-electron chi connectivity index (χ0n) is 12.4. The standard InChI is InChI=1S/C16H17ClN2O/c1-20-11-15-9-16(4-6-18-15)19-7-5-12-8-14(17)3-2-13(12)10-19/h2-4,6,8-9H,5,7,10-11H2,1H3/i2D. The van der Waals surface area contributed by atoms with Crippen molar-refractivity contribution >= 4 is 17.3 Å². The van der Waals surface area contributed by atoms with Crippen LogP contribution in [0.3, 0.4) is 0 Å². The SMILES string of the molecule is [2H]c1cc(Cl)cc2c1CN(c1ccnc(COC)c1)CC2. The van der Waals surface area contributed by atoms with E-state index in [1.165, 1.54) is 5.56 Å². The van der Waals surface area contributed by atoms with Crippen molar-refractivity contribution in [3.05, 3.63) is 58.3 Å². The van der Waals surface area contributed by atoms with E-state index in [1.54, 1.807) is 13.2 Å². The Balaban J connectivity index is 1.87. The van der Waals surface area contributed by atoms with E-state index in [9.17, 15) is 0 Å². The summed E-state index contributed by atoms with van der Waals surface area (Å²) in [5, 5.41) is 0.651. The molecular weight excluding hydrogens is 272 g/mol. The van der Waals surface area contributed by atoms with Crippen LogP contribution in [-0.2, 0) is 24.3 Å². The van der Waals surface area contributed by atoms with Gasteiger partial charge in [-0.15, -0.1) is 0 Å². The van der Waals surface area contributed by atoms with E-state index < -0.39 is 0 Å². The van der Waals surface area contributed by atoms with Gasteiger partial charge in [0.1, 0.15) is 0 Å². The quantitative estimate of drug-likeness (QED) is 0.865. The number of benzene rings is 1. The number of pyridine rings is 1. The number of ether oxygens (including phenoxy) is 1. The number of fused-ring (bicyclic) bond motifs is 1. The molecule has 3 nitrogen and oxygen atoms in total. The zero-order chi connectivity index (χ0) is 14.8. The Morgan fingerprint density at radius 2 is 2.30 bits per heavy atom. The van der Waals surface area contributed by atoms with E-state index in [2.05, 4.69) is 9.88 Å². The molecule has 1 aromatic heterocycles. The van der Waals surface area contributed by atoms with E-state index >= 15 is 0 Å². The number of anilines is 1. The Kier molecular flexibility index (Phi) is 3.54. The normalized spacial score (nSPS) is 14.9. The number of hydrogen-bond donors (Lipinski definition) is 0. The van der Waals surface area contributed by atoms with Crippen LogP contribution in [0.4, 0.5) is 5.69 Å². The Morgan fingerprint density at radius 3 is 3.15 bits per heavy atom. The number of hydrogen-bond acceptors (Lipinski definition) is 3. The van der Waals surface area contributed by atoms with Crippen molar-refractivity contribution in [2.24, 2.45) is 0 Å². The van der Waals surface area contributed by atoms with E-state index in [0.29, 0.717) is 17.7 Å². The molecule has 3 rings (SSSR count). The van der Waals surface area contributed by atoms with Gasteiger partial charge in [-0.1, -0.05) is 17.6 Å². The fraction of sp³-hybridized carbons (Fsp3) is 0.312. The van der Waals surface area contributed by atoms with Crippen molar-refractivity contribution in [1.82, 2.24) is 4.98 Å². The Hall–Kier alpha value is -1.58. The monoisotopic (exact) mass is 289 g/mol. The molecule has 2 aromatic rings. The maximum atomic E-state index is 8.11. The molecule has 0 saturated heterocycles. The molecule has 4 heteroatoms. The van der Waals surface area contributed by atoms with Crippen LogP contribution in [-0.4, -0.2) is 18.6 Å². The summed E-state index contributed by atoms with van der Waals surface area (Å²) in [5.74, 6) is 0. The Morgan fingerprint density at radius 1 is 1.40 bits per heavy atom. The summed E-state index contributed by atoms with van der Waals surface area (Å²) in [4.78, 5) is 6.56. The molecular formula is C16H17ClN2O. The number of nitrogens with zero attached hydrogens (tertiary/aromatic N) is 2. The summed E-state index contributed by atoms with van der Waals surface area (Å²) in [7, 11) is 1.67. The first-order chi connectivity index (χ1) is 10.2. The highest BCUT2D eigenvalue weighted by Crippen LogP contribution is 2.26. The molecule has 0 amide bonds. The van der Waals surface area contributed by atoms with Crippen LogP contribution in [0.5, 0.6) is 0 Å². The lowest BCUT2D eigenvalue weighted by Crippen LogP contribution is -2.30. The molecule has 0 bridgehead atoms. The van der Waals surface area contributed by atoms with Crippen molar-refractivity contribution in [1.29, 1.82) is 0 Å². The van der Waals surface area contributed by atoms with Gasteiger partial charge in [-0.3, -0.25) is 4.98 Å². The minimum Gasteiger partial charge on any atom is -0.378 e. The number of aromatic nitrogens is 1. The molecule has 0 fully saturated rings. The van der Waals surface area contributed by atoms with Crippen molar-refractivity contribution in [3.63, 3.8) is 0 Å². The smallest absolute Gasteiger partial charge is 0.0884 e. The van der Waals surface area contributed by atoms with E-state index in [1.807, 2.05) is 24.4 Å². The average molecular weight is 290 g/mol. The Labute approximate surface area is 125 Å². The van der Waals surface area contributed by atoms with Gasteiger partial charge in [0.05, 0.1) is 13.7 Å². The van der Waals surface area contributed by atoms with Gasteiger partial charge in [0.25, 0.3) is 0 Å². The minimum atomic E-state index is 0.511. The van der Waals surface area contributed by atoms with E-state index in [0.717, 1.165) is 36.5 Å². The lowest BCUT2D eigenvalue weighted by Gasteiger charge is -2.31. The minimum absolute atomic E-state index is 0.511. The van der Waals surface area contributed by atoms with Crippen molar-refractivity contribution < 1.29 is 6.11 Å². The van der Waals surface area contributed by atoms with Gasteiger partial charge in [0.2, 0.25) is 0 Å². The van der Waals surface area contributed by atoms with Gasteiger partial charge in [-0.25, -0.2) is 0 Å². The summed E-state index contributed by atoms with van der Waals surface area (Å²) < 4.78 is 13.2. The maximum absolute atomic E-state index is 8.11. The molecule has 0 atom stereocenters. The molecule has 0 spiro atoms. The number of methoxy groups -OCH3 is 1. The average Bonchev–Trinajstić information content (AvgIpc) is 2.47. The first-order valence-electron chi connectivity index (χ1n) is 7.14. The summed E-state index contributed by atoms with van der Waals surface area (Å²) in [5.41, 5.74) is 4.30. The zero-order valence-corrected chi connectivity index (χ0v) is 12.2. The van der Waals surface area contributed by atoms with Gasteiger partial charge < -0.3 is 9.64 Å². The van der Waals surface area contributed by atoms with Gasteiger partial charge in [0, 0.05) is 37.1 Å². The van der Waals surface area contributed by atoms with Crippen molar-refractivity contribution in [3.8, 4) is 0 Å². The predicted octanol–water partition coefficient (Wildman–Crippen LogP) is 3.44. The van der Waals surface area contributed by atoms with Gasteiger partial charge in [-0.05, 0) is 41.8 Å². The number of halogens is 1. The second kappa shape index (κ2) is 5.81. The van der Waals surface area contributed by atoms with Crippen LogP contribution in [0.15, 0.2) is 36.5 Å². The third-order valence-electron chi connectivity index (χ3n) is 3.54. The van der Waals surface area contributed by atoms with Crippen LogP contribution in [0.2, 0.25) is 5.02 Å². The molecule has 2 heterocycles. The van der Waals surface area contributed by atoms with Gasteiger partial charge in [-0.2, -0.15) is 0 Å². The molecule has 1 aliphatic rings. The molecule has 0 aliphatic carbocycles. The third-order valence-corrected chi connectivity index (χ3v) is 3.76. The van der Waals surface area contributed by atoms with Crippen molar-refractivity contribution in [2.75, 3.05) is 18.6 Å².